The number of ether oxygens (including phenoxy) is 2. The first-order valence-corrected chi connectivity index (χ1v) is 9.40. The molecule has 30 heavy (non-hydrogen) atoms. The van der Waals surface area contributed by atoms with Gasteiger partial charge in [-0.1, -0.05) is 18.2 Å². The van der Waals surface area contributed by atoms with Gasteiger partial charge in [-0.25, -0.2) is 4.79 Å². The average molecular weight is 410 g/mol. The van der Waals surface area contributed by atoms with Gasteiger partial charge in [0, 0.05) is 18.2 Å². The molecule has 0 aliphatic heterocycles. The van der Waals surface area contributed by atoms with E-state index in [2.05, 4.69) is 10.4 Å². The summed E-state index contributed by atoms with van der Waals surface area (Å²) in [4.78, 5) is 35.9. The Morgan fingerprint density at radius 2 is 1.87 bits per heavy atom. The minimum absolute atomic E-state index is 0.191. The number of tetrazole rings is 1. The Morgan fingerprint density at radius 3 is 2.53 bits per heavy atom. The van der Waals surface area contributed by atoms with E-state index in [0.717, 1.165) is 15.8 Å². The Bertz CT molecular complexity index is 1130. The Kier molecular flexibility index (Phi) is 6.41. The molecule has 0 atom stereocenters. The highest BCUT2D eigenvalue weighted by Crippen LogP contribution is 2.22. The molecule has 0 radical (unpaired) electrons. The van der Waals surface area contributed by atoms with Gasteiger partial charge in [-0.2, -0.15) is 9.36 Å². The number of Topliss-reactive ketones (excluding diaryl/α,β-unsaturated/α-hetero) is 1. The van der Waals surface area contributed by atoms with Crippen molar-refractivity contribution < 1.29 is 19.1 Å². The summed E-state index contributed by atoms with van der Waals surface area (Å²) in [5.74, 6) is -0.268. The van der Waals surface area contributed by atoms with Crippen molar-refractivity contribution in [3.63, 3.8) is 0 Å². The second kappa shape index (κ2) is 9.17. The summed E-state index contributed by atoms with van der Waals surface area (Å²) in [6.07, 6.45) is -0.298. The van der Waals surface area contributed by atoms with Crippen LogP contribution >= 0.6 is 0 Å². The van der Waals surface area contributed by atoms with Crippen molar-refractivity contribution >= 4 is 11.8 Å². The van der Waals surface area contributed by atoms with Gasteiger partial charge in [-0.05, 0) is 54.1 Å². The van der Waals surface area contributed by atoms with Crippen molar-refractivity contribution in [3.8, 4) is 11.4 Å². The van der Waals surface area contributed by atoms with Crippen molar-refractivity contribution in [2.24, 2.45) is 7.05 Å². The number of carbonyl (C=O) groups is 2. The molecule has 9 nitrogen and oxygen atoms in total. The summed E-state index contributed by atoms with van der Waals surface area (Å²) in [6.45, 7) is 3.93. The highest BCUT2D eigenvalue weighted by atomic mass is 16.5. The van der Waals surface area contributed by atoms with Crippen LogP contribution in [0.25, 0.3) is 5.69 Å². The molecule has 156 valence electrons. The van der Waals surface area contributed by atoms with E-state index in [1.54, 1.807) is 37.3 Å². The zero-order valence-electron chi connectivity index (χ0n) is 17.0. The minimum Gasteiger partial charge on any atom is -0.489 e. The third kappa shape index (κ3) is 4.62. The maximum absolute atomic E-state index is 12.2. The predicted molar refractivity (Wildman–Crippen MR) is 108 cm³/mol. The SMILES string of the molecule is CCOC(=O)CC(=O)c1ccc(OCc2ccccc2-n2nnn(C)c2=O)c(C)c1. The van der Waals surface area contributed by atoms with Crippen LogP contribution in [-0.4, -0.2) is 38.1 Å². The molecule has 0 aliphatic rings. The van der Waals surface area contributed by atoms with E-state index in [9.17, 15) is 14.4 Å². The highest BCUT2D eigenvalue weighted by molar-refractivity contribution is 6.06. The Morgan fingerprint density at radius 1 is 1.10 bits per heavy atom. The molecule has 0 unspecified atom stereocenters. The molecule has 0 saturated carbocycles. The van der Waals surface area contributed by atoms with Gasteiger partial charge in [0.2, 0.25) is 0 Å². The van der Waals surface area contributed by atoms with E-state index in [-0.39, 0.29) is 31.1 Å². The van der Waals surface area contributed by atoms with Gasteiger partial charge in [-0.3, -0.25) is 9.59 Å². The van der Waals surface area contributed by atoms with Crippen molar-refractivity contribution in [1.82, 2.24) is 19.8 Å². The van der Waals surface area contributed by atoms with Crippen LogP contribution in [-0.2, 0) is 23.2 Å². The van der Waals surface area contributed by atoms with Gasteiger partial charge in [0.1, 0.15) is 18.8 Å². The van der Waals surface area contributed by atoms with Crippen molar-refractivity contribution in [2.75, 3.05) is 6.61 Å². The van der Waals surface area contributed by atoms with Crippen LogP contribution < -0.4 is 10.4 Å². The van der Waals surface area contributed by atoms with E-state index in [0.29, 0.717) is 17.0 Å². The Labute approximate surface area is 172 Å². The van der Waals surface area contributed by atoms with Crippen LogP contribution in [0.2, 0.25) is 0 Å². The molecule has 2 aromatic carbocycles. The quantitative estimate of drug-likeness (QED) is 0.318. The lowest BCUT2D eigenvalue weighted by Gasteiger charge is -2.12. The van der Waals surface area contributed by atoms with E-state index < -0.39 is 5.97 Å². The van der Waals surface area contributed by atoms with Crippen LogP contribution in [0.4, 0.5) is 0 Å². The summed E-state index contributed by atoms with van der Waals surface area (Å²) in [7, 11) is 1.53. The molecule has 0 aliphatic carbocycles. The van der Waals surface area contributed by atoms with Gasteiger partial charge < -0.3 is 9.47 Å². The number of aromatic nitrogens is 4. The Balaban J connectivity index is 1.74. The standard InChI is InChI=1S/C21H22N4O5/c1-4-29-20(27)12-18(26)15-9-10-19(14(2)11-15)30-13-16-7-5-6-8-17(16)25-21(28)24(3)22-23-25/h5-11H,4,12-13H2,1-3H3. The molecular weight excluding hydrogens is 388 g/mol. The number of hydrogen-bond acceptors (Lipinski definition) is 7. The largest absolute Gasteiger partial charge is 0.489 e. The van der Waals surface area contributed by atoms with Gasteiger partial charge in [0.25, 0.3) is 0 Å². The molecular formula is C21H22N4O5. The van der Waals surface area contributed by atoms with Crippen molar-refractivity contribution in [1.29, 1.82) is 0 Å². The van der Waals surface area contributed by atoms with Crippen LogP contribution in [0.5, 0.6) is 5.75 Å². The number of carbonyl (C=O) groups excluding carboxylic acids is 2. The summed E-state index contributed by atoms with van der Waals surface area (Å²) in [6, 6.07) is 12.2. The maximum atomic E-state index is 12.2. The lowest BCUT2D eigenvalue weighted by Crippen LogP contribution is -2.23. The number of esters is 1. The molecule has 0 bridgehead atoms. The summed E-state index contributed by atoms with van der Waals surface area (Å²) >= 11 is 0. The lowest BCUT2D eigenvalue weighted by molar-refractivity contribution is -0.141. The lowest BCUT2D eigenvalue weighted by atomic mass is 10.0. The number of nitrogens with zero attached hydrogens (tertiary/aromatic N) is 4. The predicted octanol–water partition coefficient (Wildman–Crippen LogP) is 1.99. The molecule has 0 amide bonds. The van der Waals surface area contributed by atoms with Crippen LogP contribution in [0, 0.1) is 6.92 Å². The maximum Gasteiger partial charge on any atom is 0.368 e. The smallest absolute Gasteiger partial charge is 0.368 e. The Hall–Kier alpha value is -3.75. The fourth-order valence-corrected chi connectivity index (χ4v) is 2.89. The molecule has 0 saturated heterocycles. The first-order chi connectivity index (χ1) is 14.4. The number of benzene rings is 2. The zero-order chi connectivity index (χ0) is 21.7. The van der Waals surface area contributed by atoms with E-state index in [1.807, 2.05) is 19.1 Å². The van der Waals surface area contributed by atoms with Crippen LogP contribution in [0.3, 0.4) is 0 Å². The summed E-state index contributed by atoms with van der Waals surface area (Å²) < 4.78 is 13.1. The monoisotopic (exact) mass is 410 g/mol. The highest BCUT2D eigenvalue weighted by Gasteiger charge is 2.15. The molecule has 3 rings (SSSR count). The van der Waals surface area contributed by atoms with E-state index >= 15 is 0 Å². The zero-order valence-corrected chi connectivity index (χ0v) is 17.0. The summed E-state index contributed by atoms with van der Waals surface area (Å²) in [5, 5.41) is 7.61. The van der Waals surface area contributed by atoms with Crippen LogP contribution in [0.1, 0.15) is 34.8 Å². The normalized spacial score (nSPS) is 10.6. The topological polar surface area (TPSA) is 105 Å². The van der Waals surface area contributed by atoms with Crippen LogP contribution in [0.15, 0.2) is 47.3 Å². The molecule has 0 spiro atoms. The van der Waals surface area contributed by atoms with E-state index in [1.165, 1.54) is 11.7 Å². The number of aryl methyl sites for hydroxylation is 2. The third-order valence-corrected chi connectivity index (χ3v) is 4.43. The molecule has 1 aromatic heterocycles. The van der Waals surface area contributed by atoms with Gasteiger partial charge in [-0.15, -0.1) is 0 Å². The third-order valence-electron chi connectivity index (χ3n) is 4.43. The number of rotatable bonds is 8. The molecule has 0 fully saturated rings. The molecule has 1 heterocycles. The average Bonchev–Trinajstić information content (AvgIpc) is 3.06. The fraction of sp³-hybridized carbons (Fsp3) is 0.286. The second-order valence-corrected chi connectivity index (χ2v) is 6.60. The van der Waals surface area contributed by atoms with Crippen molar-refractivity contribution in [3.05, 3.63) is 69.6 Å². The van der Waals surface area contributed by atoms with Gasteiger partial charge in [0.05, 0.1) is 12.3 Å². The van der Waals surface area contributed by atoms with Gasteiger partial charge in [0.15, 0.2) is 5.78 Å². The van der Waals surface area contributed by atoms with Crippen molar-refractivity contribution in [2.45, 2.75) is 26.9 Å². The molecule has 3 aromatic rings. The molecule has 9 heteroatoms. The molecule has 0 N–H and O–H groups in total. The van der Waals surface area contributed by atoms with Gasteiger partial charge >= 0.3 is 11.7 Å². The first kappa shape index (κ1) is 21.0. The summed E-state index contributed by atoms with van der Waals surface area (Å²) in [5.41, 5.74) is 2.14. The minimum atomic E-state index is -0.545. The fourth-order valence-electron chi connectivity index (χ4n) is 2.89. The second-order valence-electron chi connectivity index (χ2n) is 6.60. The van der Waals surface area contributed by atoms with E-state index in [4.69, 9.17) is 9.47 Å². The number of hydrogen-bond donors (Lipinski definition) is 0. The number of para-hydroxylation sites is 1. The first-order valence-electron chi connectivity index (χ1n) is 9.40. The number of ketones is 1.